The second-order valence-corrected chi connectivity index (χ2v) is 8.01. The third-order valence-corrected chi connectivity index (χ3v) is 6.26. The molecule has 0 saturated carbocycles. The Bertz CT molecular complexity index is 850. The Morgan fingerprint density at radius 1 is 1.17 bits per heavy atom. The zero-order valence-corrected chi connectivity index (χ0v) is 17.4. The fourth-order valence-corrected chi connectivity index (χ4v) is 4.62. The van der Waals surface area contributed by atoms with E-state index in [4.69, 9.17) is 9.47 Å². The number of carbonyl (C=O) groups excluding carboxylic acids is 1. The third-order valence-electron chi connectivity index (χ3n) is 6.26. The molecule has 0 aromatic heterocycles. The number of methoxy groups -OCH3 is 1. The van der Waals surface area contributed by atoms with E-state index in [0.717, 1.165) is 67.8 Å². The van der Waals surface area contributed by atoms with Crippen LogP contribution in [0.2, 0.25) is 0 Å². The molecule has 2 aliphatic rings. The highest BCUT2D eigenvalue weighted by Gasteiger charge is 2.31. The number of nitrogens with zero attached hydrogens (tertiary/aromatic N) is 2. The Morgan fingerprint density at radius 2 is 1.97 bits per heavy atom. The van der Waals surface area contributed by atoms with Crippen LogP contribution in [0.5, 0.6) is 5.75 Å². The number of urea groups is 1. The minimum Gasteiger partial charge on any atom is -0.496 e. The summed E-state index contributed by atoms with van der Waals surface area (Å²) in [5, 5.41) is 5.39. The van der Waals surface area contributed by atoms with E-state index >= 15 is 0 Å². The van der Waals surface area contributed by atoms with Crippen molar-refractivity contribution in [2.75, 3.05) is 40.0 Å². The molecular formula is C23H31N3O3. The lowest BCUT2D eigenvalue weighted by molar-refractivity contribution is 0.00699. The van der Waals surface area contributed by atoms with Crippen molar-refractivity contribution < 1.29 is 14.3 Å². The van der Waals surface area contributed by atoms with Gasteiger partial charge in [0.1, 0.15) is 5.75 Å². The van der Waals surface area contributed by atoms with Gasteiger partial charge in [-0.05, 0) is 36.6 Å². The van der Waals surface area contributed by atoms with E-state index in [-0.39, 0.29) is 12.1 Å². The van der Waals surface area contributed by atoms with Gasteiger partial charge in [-0.15, -0.1) is 0 Å². The van der Waals surface area contributed by atoms with Crippen molar-refractivity contribution in [3.63, 3.8) is 0 Å². The Hall–Kier alpha value is -2.31. The van der Waals surface area contributed by atoms with Crippen LogP contribution in [0.25, 0.3) is 10.8 Å². The molecule has 1 N–H and O–H groups in total. The van der Waals surface area contributed by atoms with E-state index in [9.17, 15) is 4.79 Å². The quantitative estimate of drug-likeness (QED) is 0.861. The molecule has 29 heavy (non-hydrogen) atoms. The molecule has 0 spiro atoms. The summed E-state index contributed by atoms with van der Waals surface area (Å²) in [5.74, 6) is 0.807. The summed E-state index contributed by atoms with van der Waals surface area (Å²) in [6.07, 6.45) is 2.19. The van der Waals surface area contributed by atoms with Crippen LogP contribution in [-0.2, 0) is 11.3 Å². The van der Waals surface area contributed by atoms with E-state index in [1.807, 2.05) is 23.1 Å². The fourth-order valence-electron chi connectivity index (χ4n) is 4.62. The monoisotopic (exact) mass is 397 g/mol. The topological polar surface area (TPSA) is 54.0 Å². The van der Waals surface area contributed by atoms with Crippen molar-refractivity contribution >= 4 is 16.8 Å². The second-order valence-electron chi connectivity index (χ2n) is 8.01. The molecule has 0 radical (unpaired) electrons. The molecule has 0 aliphatic carbocycles. The highest BCUT2D eigenvalue weighted by Crippen LogP contribution is 2.28. The first-order chi connectivity index (χ1) is 14.2. The minimum atomic E-state index is -0.000820. The first-order valence-corrected chi connectivity index (χ1v) is 10.6. The lowest BCUT2D eigenvalue weighted by Crippen LogP contribution is -2.58. The lowest BCUT2D eigenvalue weighted by atomic mass is 10.0. The number of hydrogen-bond acceptors (Lipinski definition) is 4. The fraction of sp³-hybridized carbons (Fsp3) is 0.522. The predicted molar refractivity (Wildman–Crippen MR) is 114 cm³/mol. The van der Waals surface area contributed by atoms with E-state index in [1.165, 1.54) is 0 Å². The van der Waals surface area contributed by atoms with Gasteiger partial charge in [-0.2, -0.15) is 0 Å². The number of fused-ring (bicyclic) bond motifs is 1. The number of nitrogens with one attached hydrogen (secondary N) is 1. The molecule has 6 heteroatoms. The van der Waals surface area contributed by atoms with Crippen molar-refractivity contribution in [2.24, 2.45) is 0 Å². The average Bonchev–Trinajstić information content (AvgIpc) is 2.77. The number of ether oxygens (including phenoxy) is 2. The molecule has 2 saturated heterocycles. The van der Waals surface area contributed by atoms with Gasteiger partial charge in [-0.25, -0.2) is 4.79 Å². The maximum Gasteiger partial charge on any atom is 0.317 e. The predicted octanol–water partition coefficient (Wildman–Crippen LogP) is 3.24. The number of hydrogen-bond donors (Lipinski definition) is 1. The van der Waals surface area contributed by atoms with E-state index < -0.39 is 0 Å². The van der Waals surface area contributed by atoms with Crippen LogP contribution < -0.4 is 10.1 Å². The van der Waals surface area contributed by atoms with E-state index in [0.29, 0.717) is 12.6 Å². The molecule has 2 aromatic carbocycles. The van der Waals surface area contributed by atoms with Gasteiger partial charge >= 0.3 is 6.03 Å². The van der Waals surface area contributed by atoms with E-state index in [1.54, 1.807) is 7.11 Å². The first kappa shape index (κ1) is 20.0. The molecule has 2 heterocycles. The van der Waals surface area contributed by atoms with Crippen molar-refractivity contribution in [1.29, 1.82) is 0 Å². The summed E-state index contributed by atoms with van der Waals surface area (Å²) >= 11 is 0. The standard InChI is InChI=1S/C23H31N3O3/c1-17-16-25(19-9-13-29-14-10-19)11-12-26(17)23(27)24-15-21-20-6-4-3-5-18(20)7-8-22(21)28-2/h3-8,17,19H,9-16H2,1-2H3,(H,24,27)/t17-/m0/s1. The van der Waals surface area contributed by atoms with Crippen LogP contribution in [0.1, 0.15) is 25.3 Å². The molecule has 0 unspecified atom stereocenters. The van der Waals surface area contributed by atoms with Gasteiger partial charge in [0.05, 0.1) is 7.11 Å². The van der Waals surface area contributed by atoms with Crippen LogP contribution in [0.4, 0.5) is 4.79 Å². The van der Waals surface area contributed by atoms with Gasteiger partial charge in [-0.3, -0.25) is 4.90 Å². The zero-order chi connectivity index (χ0) is 20.2. The largest absolute Gasteiger partial charge is 0.496 e. The summed E-state index contributed by atoms with van der Waals surface area (Å²) in [6.45, 7) is 6.92. The Labute approximate surface area is 172 Å². The Kier molecular flexibility index (Phi) is 6.21. The minimum absolute atomic E-state index is 0.000820. The third kappa shape index (κ3) is 4.33. The summed E-state index contributed by atoms with van der Waals surface area (Å²) < 4.78 is 11.0. The SMILES string of the molecule is COc1ccc2ccccc2c1CNC(=O)N1CCN(C2CCOCC2)C[C@@H]1C. The van der Waals surface area contributed by atoms with Crippen LogP contribution in [0.3, 0.4) is 0 Å². The van der Waals surface area contributed by atoms with Gasteiger partial charge < -0.3 is 19.7 Å². The first-order valence-electron chi connectivity index (χ1n) is 10.6. The molecule has 4 rings (SSSR count). The van der Waals surface area contributed by atoms with Crippen LogP contribution in [0.15, 0.2) is 36.4 Å². The van der Waals surface area contributed by atoms with Crippen LogP contribution >= 0.6 is 0 Å². The number of piperazine rings is 1. The van der Waals surface area contributed by atoms with Gasteiger partial charge in [0.25, 0.3) is 0 Å². The maximum atomic E-state index is 12.9. The number of benzene rings is 2. The van der Waals surface area contributed by atoms with Crippen molar-refractivity contribution in [1.82, 2.24) is 15.1 Å². The highest BCUT2D eigenvalue weighted by atomic mass is 16.5. The molecule has 2 aliphatic heterocycles. The van der Waals surface area contributed by atoms with Crippen molar-refractivity contribution in [3.8, 4) is 5.75 Å². The van der Waals surface area contributed by atoms with Crippen LogP contribution in [-0.4, -0.2) is 67.9 Å². The van der Waals surface area contributed by atoms with E-state index in [2.05, 4.69) is 35.3 Å². The average molecular weight is 398 g/mol. The Balaban J connectivity index is 1.40. The van der Waals surface area contributed by atoms with Gasteiger partial charge in [-0.1, -0.05) is 30.3 Å². The summed E-state index contributed by atoms with van der Waals surface area (Å²) in [5.41, 5.74) is 1.02. The van der Waals surface area contributed by atoms with Crippen LogP contribution in [0, 0.1) is 0 Å². The molecule has 0 bridgehead atoms. The van der Waals surface area contributed by atoms with Crippen molar-refractivity contribution in [3.05, 3.63) is 42.0 Å². The number of rotatable bonds is 4. The molecule has 2 aromatic rings. The molecule has 1 atom stereocenters. The van der Waals surface area contributed by atoms with Gasteiger partial charge in [0.15, 0.2) is 0 Å². The second kappa shape index (κ2) is 9.01. The van der Waals surface area contributed by atoms with Gasteiger partial charge in [0.2, 0.25) is 0 Å². The summed E-state index contributed by atoms with van der Waals surface area (Å²) in [7, 11) is 1.67. The summed E-state index contributed by atoms with van der Waals surface area (Å²) in [4.78, 5) is 17.4. The molecule has 2 amide bonds. The molecule has 6 nitrogen and oxygen atoms in total. The molecule has 2 fully saturated rings. The highest BCUT2D eigenvalue weighted by molar-refractivity contribution is 5.88. The number of carbonyl (C=O) groups is 1. The lowest BCUT2D eigenvalue weighted by Gasteiger charge is -2.44. The normalized spacial score (nSPS) is 21.3. The molecule has 156 valence electrons. The Morgan fingerprint density at radius 3 is 2.72 bits per heavy atom. The molecular weight excluding hydrogens is 366 g/mol. The summed E-state index contributed by atoms with van der Waals surface area (Å²) in [6, 6.07) is 13.0. The smallest absolute Gasteiger partial charge is 0.317 e. The number of amides is 2. The maximum absolute atomic E-state index is 12.9. The zero-order valence-electron chi connectivity index (χ0n) is 17.4. The van der Waals surface area contributed by atoms with Gasteiger partial charge in [0, 0.05) is 57.0 Å². The van der Waals surface area contributed by atoms with Crippen molar-refractivity contribution in [2.45, 2.75) is 38.4 Å².